The SMILES string of the molecule is CCCC(Nc1cc(Cl)cc(Cl)c1)c1ccccc1. The maximum atomic E-state index is 6.03. The summed E-state index contributed by atoms with van der Waals surface area (Å²) in [5.41, 5.74) is 2.24. The maximum Gasteiger partial charge on any atom is 0.0513 e. The van der Waals surface area contributed by atoms with Gasteiger partial charge in [0.1, 0.15) is 0 Å². The van der Waals surface area contributed by atoms with Crippen molar-refractivity contribution in [2.75, 3.05) is 5.32 Å². The number of nitrogens with one attached hydrogen (secondary N) is 1. The zero-order valence-electron chi connectivity index (χ0n) is 10.9. The first-order valence-corrected chi connectivity index (χ1v) is 7.22. The van der Waals surface area contributed by atoms with E-state index in [9.17, 15) is 0 Å². The molecule has 1 unspecified atom stereocenters. The van der Waals surface area contributed by atoms with E-state index in [0.29, 0.717) is 10.0 Å². The standard InChI is InChI=1S/C16H17Cl2N/c1-2-6-16(12-7-4-3-5-8-12)19-15-10-13(17)9-14(18)11-15/h3-5,7-11,16,19H,2,6H2,1H3. The van der Waals surface area contributed by atoms with Crippen LogP contribution in [-0.4, -0.2) is 0 Å². The van der Waals surface area contributed by atoms with Crippen LogP contribution in [0.1, 0.15) is 31.4 Å². The normalized spacial score (nSPS) is 12.2. The van der Waals surface area contributed by atoms with Crippen molar-refractivity contribution in [1.29, 1.82) is 0 Å². The molecule has 0 aliphatic carbocycles. The van der Waals surface area contributed by atoms with Crippen LogP contribution in [-0.2, 0) is 0 Å². The van der Waals surface area contributed by atoms with Gasteiger partial charge in [0.05, 0.1) is 6.04 Å². The van der Waals surface area contributed by atoms with Crippen LogP contribution in [0.25, 0.3) is 0 Å². The van der Waals surface area contributed by atoms with E-state index in [0.717, 1.165) is 18.5 Å². The van der Waals surface area contributed by atoms with E-state index in [4.69, 9.17) is 23.2 Å². The van der Waals surface area contributed by atoms with Gasteiger partial charge in [-0.15, -0.1) is 0 Å². The molecule has 3 heteroatoms. The third-order valence-corrected chi connectivity index (χ3v) is 3.42. The number of anilines is 1. The topological polar surface area (TPSA) is 12.0 Å². The molecule has 0 aromatic heterocycles. The Kier molecular flexibility index (Phi) is 5.12. The summed E-state index contributed by atoms with van der Waals surface area (Å²) in [4.78, 5) is 0. The molecule has 0 bridgehead atoms. The molecule has 0 spiro atoms. The van der Waals surface area contributed by atoms with Gasteiger partial charge in [0, 0.05) is 15.7 Å². The van der Waals surface area contributed by atoms with Gasteiger partial charge in [0.2, 0.25) is 0 Å². The van der Waals surface area contributed by atoms with Gasteiger partial charge in [0.15, 0.2) is 0 Å². The van der Waals surface area contributed by atoms with E-state index < -0.39 is 0 Å². The molecular formula is C16H17Cl2N. The van der Waals surface area contributed by atoms with Crippen LogP contribution in [0.15, 0.2) is 48.5 Å². The van der Waals surface area contributed by atoms with E-state index in [2.05, 4.69) is 36.5 Å². The highest BCUT2D eigenvalue weighted by Crippen LogP contribution is 2.28. The van der Waals surface area contributed by atoms with Crippen LogP contribution >= 0.6 is 23.2 Å². The largest absolute Gasteiger partial charge is 0.378 e. The Labute approximate surface area is 124 Å². The number of rotatable bonds is 5. The number of halogens is 2. The Morgan fingerprint density at radius 3 is 2.21 bits per heavy atom. The first-order valence-electron chi connectivity index (χ1n) is 6.46. The monoisotopic (exact) mass is 293 g/mol. The Morgan fingerprint density at radius 2 is 1.63 bits per heavy atom. The van der Waals surface area contributed by atoms with Gasteiger partial charge in [-0.25, -0.2) is 0 Å². The number of hydrogen-bond acceptors (Lipinski definition) is 1. The molecular weight excluding hydrogens is 277 g/mol. The van der Waals surface area contributed by atoms with E-state index in [1.165, 1.54) is 5.56 Å². The minimum Gasteiger partial charge on any atom is -0.378 e. The first kappa shape index (κ1) is 14.2. The van der Waals surface area contributed by atoms with Crippen LogP contribution in [0, 0.1) is 0 Å². The molecule has 2 rings (SSSR count). The Bertz CT molecular complexity index is 505. The molecule has 0 saturated carbocycles. The predicted molar refractivity (Wildman–Crippen MR) is 84.2 cm³/mol. The summed E-state index contributed by atoms with van der Waals surface area (Å²) in [6, 6.07) is 16.3. The fraction of sp³-hybridized carbons (Fsp3) is 0.250. The summed E-state index contributed by atoms with van der Waals surface area (Å²) in [5.74, 6) is 0. The van der Waals surface area contributed by atoms with Gasteiger partial charge in [-0.3, -0.25) is 0 Å². The highest BCUT2D eigenvalue weighted by atomic mass is 35.5. The smallest absolute Gasteiger partial charge is 0.0513 e. The minimum atomic E-state index is 0.278. The van der Waals surface area contributed by atoms with E-state index in [1.807, 2.05) is 18.2 Å². The second-order valence-electron chi connectivity index (χ2n) is 4.55. The Morgan fingerprint density at radius 1 is 1.00 bits per heavy atom. The number of hydrogen-bond donors (Lipinski definition) is 1. The predicted octanol–water partition coefficient (Wildman–Crippen LogP) is 5.95. The van der Waals surface area contributed by atoms with Gasteiger partial charge in [-0.05, 0) is 30.2 Å². The van der Waals surface area contributed by atoms with Crippen molar-refractivity contribution in [1.82, 2.24) is 0 Å². The van der Waals surface area contributed by atoms with Crippen molar-refractivity contribution >= 4 is 28.9 Å². The third kappa shape index (κ3) is 4.15. The molecule has 1 atom stereocenters. The fourth-order valence-corrected chi connectivity index (χ4v) is 2.66. The molecule has 0 saturated heterocycles. The van der Waals surface area contributed by atoms with Crippen molar-refractivity contribution in [3.63, 3.8) is 0 Å². The van der Waals surface area contributed by atoms with Crippen molar-refractivity contribution in [2.45, 2.75) is 25.8 Å². The van der Waals surface area contributed by atoms with Crippen molar-refractivity contribution in [3.8, 4) is 0 Å². The average molecular weight is 294 g/mol. The molecule has 0 radical (unpaired) electrons. The summed E-state index contributed by atoms with van der Waals surface area (Å²) in [6.45, 7) is 2.18. The lowest BCUT2D eigenvalue weighted by Crippen LogP contribution is -2.10. The first-order chi connectivity index (χ1) is 9.19. The van der Waals surface area contributed by atoms with Gasteiger partial charge >= 0.3 is 0 Å². The van der Waals surface area contributed by atoms with Crippen molar-refractivity contribution < 1.29 is 0 Å². The summed E-state index contributed by atoms with van der Waals surface area (Å²) >= 11 is 12.1. The van der Waals surface area contributed by atoms with Crippen molar-refractivity contribution in [3.05, 3.63) is 64.1 Å². The fourth-order valence-electron chi connectivity index (χ4n) is 2.13. The summed E-state index contributed by atoms with van der Waals surface area (Å²) < 4.78 is 0. The maximum absolute atomic E-state index is 6.03. The minimum absolute atomic E-state index is 0.278. The summed E-state index contributed by atoms with van der Waals surface area (Å²) in [5, 5.41) is 4.81. The zero-order valence-corrected chi connectivity index (χ0v) is 12.4. The van der Waals surface area contributed by atoms with E-state index in [1.54, 1.807) is 6.07 Å². The molecule has 19 heavy (non-hydrogen) atoms. The zero-order chi connectivity index (χ0) is 13.7. The second-order valence-corrected chi connectivity index (χ2v) is 5.43. The van der Waals surface area contributed by atoms with Gasteiger partial charge in [-0.1, -0.05) is 66.9 Å². The molecule has 0 heterocycles. The van der Waals surface area contributed by atoms with Crippen LogP contribution in [0.5, 0.6) is 0 Å². The van der Waals surface area contributed by atoms with Gasteiger partial charge in [-0.2, -0.15) is 0 Å². The van der Waals surface area contributed by atoms with E-state index in [-0.39, 0.29) is 6.04 Å². The highest BCUT2D eigenvalue weighted by molar-refractivity contribution is 6.35. The molecule has 1 N–H and O–H groups in total. The van der Waals surface area contributed by atoms with E-state index >= 15 is 0 Å². The lowest BCUT2D eigenvalue weighted by Gasteiger charge is -2.20. The molecule has 0 aliphatic heterocycles. The molecule has 0 amide bonds. The van der Waals surface area contributed by atoms with Crippen LogP contribution in [0.4, 0.5) is 5.69 Å². The summed E-state index contributed by atoms with van der Waals surface area (Å²) in [7, 11) is 0. The molecule has 100 valence electrons. The Balaban J connectivity index is 2.21. The average Bonchev–Trinajstić information content (AvgIpc) is 2.38. The second kappa shape index (κ2) is 6.83. The molecule has 2 aromatic carbocycles. The van der Waals surface area contributed by atoms with Gasteiger partial charge < -0.3 is 5.32 Å². The highest BCUT2D eigenvalue weighted by Gasteiger charge is 2.10. The third-order valence-electron chi connectivity index (χ3n) is 2.98. The molecule has 0 aliphatic rings. The molecule has 2 aromatic rings. The van der Waals surface area contributed by atoms with Crippen LogP contribution in [0.2, 0.25) is 10.0 Å². The quantitative estimate of drug-likeness (QED) is 0.718. The summed E-state index contributed by atoms with van der Waals surface area (Å²) in [6.07, 6.45) is 2.18. The van der Waals surface area contributed by atoms with Crippen LogP contribution in [0.3, 0.4) is 0 Å². The lowest BCUT2D eigenvalue weighted by atomic mass is 10.0. The number of benzene rings is 2. The molecule has 1 nitrogen and oxygen atoms in total. The van der Waals surface area contributed by atoms with Gasteiger partial charge in [0.25, 0.3) is 0 Å². The van der Waals surface area contributed by atoms with Crippen molar-refractivity contribution in [2.24, 2.45) is 0 Å². The Hall–Kier alpha value is -1.18. The molecule has 0 fully saturated rings. The van der Waals surface area contributed by atoms with Crippen LogP contribution < -0.4 is 5.32 Å². The lowest BCUT2D eigenvalue weighted by molar-refractivity contribution is 0.677.